The van der Waals surface area contributed by atoms with Crippen LogP contribution in [0.25, 0.3) is 0 Å². The van der Waals surface area contributed by atoms with Crippen LogP contribution in [0, 0.1) is 0 Å². The van der Waals surface area contributed by atoms with Gasteiger partial charge in [-0.15, -0.1) is 0 Å². The molecule has 0 spiro atoms. The minimum absolute atomic E-state index is 0.182. The maximum Gasteiger partial charge on any atom is 0.252 e. The van der Waals surface area contributed by atoms with Gasteiger partial charge in [0.05, 0.1) is 29.8 Å². The summed E-state index contributed by atoms with van der Waals surface area (Å²) in [5, 5.41) is 6.27. The lowest BCUT2D eigenvalue weighted by Gasteiger charge is -2.28. The molecule has 1 heterocycles. The van der Waals surface area contributed by atoms with Crippen LogP contribution in [0.3, 0.4) is 0 Å². The van der Waals surface area contributed by atoms with Gasteiger partial charge in [-0.05, 0) is 18.2 Å². The highest BCUT2D eigenvalue weighted by Gasteiger charge is 2.18. The number of halogens is 1. The van der Waals surface area contributed by atoms with Crippen LogP contribution >= 0.6 is 11.6 Å². The van der Waals surface area contributed by atoms with E-state index in [0.29, 0.717) is 29.8 Å². The van der Waals surface area contributed by atoms with Crippen molar-refractivity contribution in [2.24, 2.45) is 0 Å². The first-order valence-electron chi connectivity index (χ1n) is 5.06. The number of anilines is 1. The average Bonchev–Trinajstić information content (AvgIpc) is 2.24. The standard InChI is InChI=1S/C11H13ClN2O2/c1-13-11(15)9-4-7(2-3-10(9)12)14-8-5-16-6-8/h2-4,8,14H,5-6H2,1H3,(H,13,15). The molecule has 1 fully saturated rings. The van der Waals surface area contributed by atoms with Crippen LogP contribution in [0.4, 0.5) is 5.69 Å². The second-order valence-electron chi connectivity index (χ2n) is 3.65. The Morgan fingerprint density at radius 1 is 1.50 bits per heavy atom. The van der Waals surface area contributed by atoms with Gasteiger partial charge in [0.1, 0.15) is 0 Å². The van der Waals surface area contributed by atoms with Crippen molar-refractivity contribution >= 4 is 23.2 Å². The molecule has 1 aliphatic rings. The van der Waals surface area contributed by atoms with E-state index in [1.54, 1.807) is 19.2 Å². The Kier molecular flexibility index (Phi) is 3.31. The highest BCUT2D eigenvalue weighted by atomic mass is 35.5. The maximum absolute atomic E-state index is 11.5. The zero-order valence-corrected chi connectivity index (χ0v) is 9.67. The molecule has 1 aromatic carbocycles. The number of carbonyl (C=O) groups excluding carboxylic acids is 1. The van der Waals surface area contributed by atoms with Crippen molar-refractivity contribution in [3.8, 4) is 0 Å². The van der Waals surface area contributed by atoms with Crippen LogP contribution in [-0.2, 0) is 4.74 Å². The summed E-state index contributed by atoms with van der Waals surface area (Å²) in [6.07, 6.45) is 0. The summed E-state index contributed by atoms with van der Waals surface area (Å²) < 4.78 is 5.06. The van der Waals surface area contributed by atoms with Gasteiger partial charge in [-0.25, -0.2) is 0 Å². The third-order valence-corrected chi connectivity index (χ3v) is 2.78. The molecule has 0 bridgehead atoms. The number of hydrogen-bond donors (Lipinski definition) is 2. The first-order valence-corrected chi connectivity index (χ1v) is 5.44. The molecule has 4 nitrogen and oxygen atoms in total. The first kappa shape index (κ1) is 11.2. The quantitative estimate of drug-likeness (QED) is 0.842. The van der Waals surface area contributed by atoms with Gasteiger partial charge in [-0.3, -0.25) is 4.79 Å². The molecule has 0 aromatic heterocycles. The Morgan fingerprint density at radius 2 is 2.25 bits per heavy atom. The lowest BCUT2D eigenvalue weighted by atomic mass is 10.1. The maximum atomic E-state index is 11.5. The van der Waals surface area contributed by atoms with E-state index in [4.69, 9.17) is 16.3 Å². The van der Waals surface area contributed by atoms with Crippen LogP contribution < -0.4 is 10.6 Å². The topological polar surface area (TPSA) is 50.4 Å². The van der Waals surface area contributed by atoms with Crippen LogP contribution in [0.15, 0.2) is 18.2 Å². The smallest absolute Gasteiger partial charge is 0.252 e. The molecule has 1 aromatic rings. The number of hydrogen-bond acceptors (Lipinski definition) is 3. The van der Waals surface area contributed by atoms with Gasteiger partial charge in [0, 0.05) is 12.7 Å². The number of rotatable bonds is 3. The molecule has 0 saturated carbocycles. The predicted octanol–water partition coefficient (Wildman–Crippen LogP) is 1.51. The molecule has 0 radical (unpaired) electrons. The van der Waals surface area contributed by atoms with Crippen molar-refractivity contribution in [2.45, 2.75) is 6.04 Å². The van der Waals surface area contributed by atoms with E-state index in [-0.39, 0.29) is 5.91 Å². The second kappa shape index (κ2) is 4.72. The number of benzene rings is 1. The molecule has 5 heteroatoms. The largest absolute Gasteiger partial charge is 0.378 e. The van der Waals surface area contributed by atoms with E-state index >= 15 is 0 Å². The Morgan fingerprint density at radius 3 is 2.81 bits per heavy atom. The van der Waals surface area contributed by atoms with Crippen molar-refractivity contribution in [2.75, 3.05) is 25.6 Å². The Hall–Kier alpha value is -1.26. The van der Waals surface area contributed by atoms with E-state index in [2.05, 4.69) is 10.6 Å². The van der Waals surface area contributed by atoms with Crippen molar-refractivity contribution in [3.05, 3.63) is 28.8 Å². The van der Waals surface area contributed by atoms with Crippen LogP contribution in [0.1, 0.15) is 10.4 Å². The summed E-state index contributed by atoms with van der Waals surface area (Å²) in [4.78, 5) is 11.5. The lowest BCUT2D eigenvalue weighted by molar-refractivity contribution is 0.0211. The van der Waals surface area contributed by atoms with Gasteiger partial charge in [0.2, 0.25) is 0 Å². The molecule has 86 valence electrons. The molecule has 16 heavy (non-hydrogen) atoms. The predicted molar refractivity (Wildman–Crippen MR) is 63.1 cm³/mol. The van der Waals surface area contributed by atoms with Gasteiger partial charge in [0.25, 0.3) is 5.91 Å². The summed E-state index contributed by atoms with van der Waals surface area (Å²) in [6, 6.07) is 5.65. The van der Waals surface area contributed by atoms with Gasteiger partial charge in [-0.1, -0.05) is 11.6 Å². The Labute approximate surface area is 98.9 Å². The van der Waals surface area contributed by atoms with E-state index in [1.807, 2.05) is 6.07 Å². The third-order valence-electron chi connectivity index (χ3n) is 2.45. The van der Waals surface area contributed by atoms with Gasteiger partial charge >= 0.3 is 0 Å². The van der Waals surface area contributed by atoms with E-state index in [9.17, 15) is 4.79 Å². The molecular formula is C11H13ClN2O2. The lowest BCUT2D eigenvalue weighted by Crippen LogP contribution is -2.40. The van der Waals surface area contributed by atoms with Crippen LogP contribution in [0.5, 0.6) is 0 Å². The van der Waals surface area contributed by atoms with Gasteiger partial charge in [0.15, 0.2) is 0 Å². The fraction of sp³-hybridized carbons (Fsp3) is 0.364. The molecule has 1 aliphatic heterocycles. The summed E-state index contributed by atoms with van der Waals surface area (Å²) in [5.41, 5.74) is 1.37. The van der Waals surface area contributed by atoms with Crippen LogP contribution in [0.2, 0.25) is 5.02 Å². The minimum atomic E-state index is -0.182. The number of ether oxygens (including phenoxy) is 1. The van der Waals surface area contributed by atoms with E-state index in [0.717, 1.165) is 5.69 Å². The van der Waals surface area contributed by atoms with Gasteiger partial charge in [-0.2, -0.15) is 0 Å². The molecule has 1 amide bonds. The Balaban J connectivity index is 2.17. The minimum Gasteiger partial charge on any atom is -0.378 e. The molecule has 0 unspecified atom stereocenters. The highest BCUT2D eigenvalue weighted by Crippen LogP contribution is 2.21. The SMILES string of the molecule is CNC(=O)c1cc(NC2COC2)ccc1Cl. The van der Waals surface area contributed by atoms with E-state index in [1.165, 1.54) is 0 Å². The van der Waals surface area contributed by atoms with E-state index < -0.39 is 0 Å². The van der Waals surface area contributed by atoms with Crippen LogP contribution in [-0.4, -0.2) is 32.2 Å². The van der Waals surface area contributed by atoms with Crippen molar-refractivity contribution < 1.29 is 9.53 Å². The van der Waals surface area contributed by atoms with Crippen molar-refractivity contribution in [1.29, 1.82) is 0 Å². The Bertz CT molecular complexity index is 405. The highest BCUT2D eigenvalue weighted by molar-refractivity contribution is 6.34. The normalized spacial score (nSPS) is 15.4. The summed E-state index contributed by atoms with van der Waals surface area (Å²) in [6.45, 7) is 1.41. The molecule has 0 atom stereocenters. The average molecular weight is 241 g/mol. The van der Waals surface area contributed by atoms with Gasteiger partial charge < -0.3 is 15.4 Å². The summed E-state index contributed by atoms with van der Waals surface area (Å²) >= 11 is 5.94. The number of carbonyl (C=O) groups is 1. The number of nitrogens with one attached hydrogen (secondary N) is 2. The van der Waals surface area contributed by atoms with Crippen molar-refractivity contribution in [3.63, 3.8) is 0 Å². The van der Waals surface area contributed by atoms with Crippen molar-refractivity contribution in [1.82, 2.24) is 5.32 Å². The fourth-order valence-corrected chi connectivity index (χ4v) is 1.68. The molecule has 2 rings (SSSR count). The fourth-order valence-electron chi connectivity index (χ4n) is 1.48. The summed E-state index contributed by atoms with van der Waals surface area (Å²) in [7, 11) is 1.58. The molecule has 1 saturated heterocycles. The zero-order chi connectivity index (χ0) is 11.5. The third kappa shape index (κ3) is 2.28. The zero-order valence-electron chi connectivity index (χ0n) is 8.92. The second-order valence-corrected chi connectivity index (χ2v) is 4.06. The first-order chi connectivity index (χ1) is 7.70. The monoisotopic (exact) mass is 240 g/mol. The molecule has 0 aliphatic carbocycles. The molecular weight excluding hydrogens is 228 g/mol. The number of amides is 1. The molecule has 2 N–H and O–H groups in total. The summed E-state index contributed by atoms with van der Waals surface area (Å²) in [5.74, 6) is -0.182.